The van der Waals surface area contributed by atoms with Crippen LogP contribution in [0.15, 0.2) is 36.5 Å². The minimum absolute atomic E-state index is 0.0241. The van der Waals surface area contributed by atoms with Crippen molar-refractivity contribution in [3.05, 3.63) is 47.8 Å². The highest BCUT2D eigenvalue weighted by Gasteiger charge is 2.10. The number of nitrogens with zero attached hydrogens (tertiary/aromatic N) is 3. The molecular formula is C14H19N5O. The first-order chi connectivity index (χ1) is 9.69. The number of carbonyl (C=O) groups is 1. The van der Waals surface area contributed by atoms with Gasteiger partial charge in [0.05, 0.1) is 17.9 Å². The third kappa shape index (κ3) is 3.89. The molecule has 6 heteroatoms. The van der Waals surface area contributed by atoms with Crippen molar-refractivity contribution in [2.24, 2.45) is 0 Å². The summed E-state index contributed by atoms with van der Waals surface area (Å²) in [6, 6.07) is 9.83. The van der Waals surface area contributed by atoms with Crippen LogP contribution in [0.4, 0.5) is 0 Å². The molecule has 2 rings (SSSR count). The van der Waals surface area contributed by atoms with Gasteiger partial charge in [-0.1, -0.05) is 35.5 Å². The lowest BCUT2D eigenvalue weighted by Crippen LogP contribution is -2.30. The van der Waals surface area contributed by atoms with Gasteiger partial charge < -0.3 is 10.6 Å². The van der Waals surface area contributed by atoms with Gasteiger partial charge in [0.1, 0.15) is 6.54 Å². The van der Waals surface area contributed by atoms with Crippen molar-refractivity contribution in [1.82, 2.24) is 25.6 Å². The number of amides is 1. The zero-order chi connectivity index (χ0) is 14.4. The quantitative estimate of drug-likeness (QED) is 0.819. The van der Waals surface area contributed by atoms with Crippen molar-refractivity contribution < 1.29 is 4.79 Å². The molecule has 0 spiro atoms. The van der Waals surface area contributed by atoms with Gasteiger partial charge in [-0.15, -0.1) is 5.10 Å². The fourth-order valence-electron chi connectivity index (χ4n) is 1.94. The van der Waals surface area contributed by atoms with Gasteiger partial charge in [-0.3, -0.25) is 4.79 Å². The second-order valence-corrected chi connectivity index (χ2v) is 4.64. The van der Waals surface area contributed by atoms with E-state index in [4.69, 9.17) is 0 Å². The van der Waals surface area contributed by atoms with Crippen LogP contribution in [-0.4, -0.2) is 27.9 Å². The van der Waals surface area contributed by atoms with Crippen LogP contribution in [0.1, 0.15) is 24.2 Å². The summed E-state index contributed by atoms with van der Waals surface area (Å²) in [5.41, 5.74) is 1.90. The van der Waals surface area contributed by atoms with E-state index in [-0.39, 0.29) is 18.5 Å². The van der Waals surface area contributed by atoms with Crippen LogP contribution in [0.25, 0.3) is 0 Å². The Morgan fingerprint density at radius 1 is 1.35 bits per heavy atom. The molecule has 1 aromatic heterocycles. The fourth-order valence-corrected chi connectivity index (χ4v) is 1.94. The molecule has 2 N–H and O–H groups in total. The first kappa shape index (κ1) is 14.2. The van der Waals surface area contributed by atoms with Gasteiger partial charge >= 0.3 is 0 Å². The third-order valence-electron chi connectivity index (χ3n) is 2.93. The zero-order valence-electron chi connectivity index (χ0n) is 11.7. The van der Waals surface area contributed by atoms with Crippen LogP contribution >= 0.6 is 0 Å². The molecule has 6 nitrogen and oxygen atoms in total. The van der Waals surface area contributed by atoms with Crippen molar-refractivity contribution in [2.75, 3.05) is 7.05 Å². The lowest BCUT2D eigenvalue weighted by Gasteiger charge is -2.13. The molecule has 20 heavy (non-hydrogen) atoms. The second-order valence-electron chi connectivity index (χ2n) is 4.64. The molecule has 1 amide bonds. The highest BCUT2D eigenvalue weighted by molar-refractivity contribution is 5.76. The summed E-state index contributed by atoms with van der Waals surface area (Å²) in [6.07, 6.45) is 1.77. The molecule has 2 aromatic rings. The van der Waals surface area contributed by atoms with Crippen molar-refractivity contribution in [1.29, 1.82) is 0 Å². The number of hydrogen-bond donors (Lipinski definition) is 2. The number of carbonyl (C=O) groups excluding carboxylic acids is 1. The highest BCUT2D eigenvalue weighted by atomic mass is 16.2. The smallest absolute Gasteiger partial charge is 0.242 e. The van der Waals surface area contributed by atoms with Crippen LogP contribution in [0, 0.1) is 0 Å². The summed E-state index contributed by atoms with van der Waals surface area (Å²) in [5.74, 6) is -0.0812. The molecule has 0 aliphatic carbocycles. The largest absolute Gasteiger partial charge is 0.348 e. The highest BCUT2D eigenvalue weighted by Crippen LogP contribution is 2.10. The predicted octanol–water partition coefficient (Wildman–Crippen LogP) is 0.875. The molecule has 1 heterocycles. The number of nitrogens with one attached hydrogen (secondary N) is 2. The van der Waals surface area contributed by atoms with Gasteiger partial charge in [0, 0.05) is 6.54 Å². The summed E-state index contributed by atoms with van der Waals surface area (Å²) in [5, 5.41) is 13.8. The zero-order valence-corrected chi connectivity index (χ0v) is 11.7. The Kier molecular flexibility index (Phi) is 4.84. The van der Waals surface area contributed by atoms with Crippen molar-refractivity contribution >= 4 is 5.91 Å². The fraction of sp³-hybridized carbons (Fsp3) is 0.357. The summed E-state index contributed by atoms with van der Waals surface area (Å²) < 4.78 is 1.54. The standard InChI is InChI=1S/C14H19N5O/c1-11(12-6-4-3-5-7-12)16-14(20)10-19-9-13(8-15-2)17-18-19/h3-7,9,11,15H,8,10H2,1-2H3,(H,16,20). The van der Waals surface area contributed by atoms with E-state index in [9.17, 15) is 4.79 Å². The Morgan fingerprint density at radius 2 is 2.10 bits per heavy atom. The van der Waals surface area contributed by atoms with E-state index >= 15 is 0 Å². The van der Waals surface area contributed by atoms with Gasteiger partial charge in [-0.2, -0.15) is 0 Å². The SMILES string of the molecule is CNCc1cn(CC(=O)NC(C)c2ccccc2)nn1. The van der Waals surface area contributed by atoms with Crippen molar-refractivity contribution in [3.63, 3.8) is 0 Å². The minimum atomic E-state index is -0.0812. The lowest BCUT2D eigenvalue weighted by molar-refractivity contribution is -0.122. The van der Waals surface area contributed by atoms with Gasteiger partial charge in [0.2, 0.25) is 5.91 Å². The van der Waals surface area contributed by atoms with Gasteiger partial charge in [0.15, 0.2) is 0 Å². The third-order valence-corrected chi connectivity index (χ3v) is 2.93. The van der Waals surface area contributed by atoms with E-state index in [1.54, 1.807) is 10.9 Å². The molecule has 0 aliphatic heterocycles. The maximum Gasteiger partial charge on any atom is 0.242 e. The average molecular weight is 273 g/mol. The van der Waals surface area contributed by atoms with E-state index in [0.717, 1.165) is 11.3 Å². The Hall–Kier alpha value is -2.21. The number of benzene rings is 1. The molecule has 0 bridgehead atoms. The van der Waals surface area contributed by atoms with Crippen LogP contribution in [-0.2, 0) is 17.9 Å². The summed E-state index contributed by atoms with van der Waals surface area (Å²) in [4.78, 5) is 11.9. The average Bonchev–Trinajstić information content (AvgIpc) is 2.87. The maximum absolute atomic E-state index is 11.9. The molecule has 0 saturated heterocycles. The normalized spacial score (nSPS) is 12.1. The predicted molar refractivity (Wildman–Crippen MR) is 75.8 cm³/mol. The van der Waals surface area contributed by atoms with Crippen LogP contribution in [0.3, 0.4) is 0 Å². The van der Waals surface area contributed by atoms with Crippen LogP contribution in [0.5, 0.6) is 0 Å². The summed E-state index contributed by atoms with van der Waals surface area (Å²) in [6.45, 7) is 2.77. The molecule has 0 saturated carbocycles. The van der Waals surface area contributed by atoms with Crippen molar-refractivity contribution in [3.8, 4) is 0 Å². The molecule has 0 radical (unpaired) electrons. The lowest BCUT2D eigenvalue weighted by atomic mass is 10.1. The molecule has 0 aliphatic rings. The monoisotopic (exact) mass is 273 g/mol. The van der Waals surface area contributed by atoms with Crippen LogP contribution < -0.4 is 10.6 Å². The topological polar surface area (TPSA) is 71.8 Å². The Bertz CT molecular complexity index is 552. The van der Waals surface area contributed by atoms with Crippen LogP contribution in [0.2, 0.25) is 0 Å². The summed E-state index contributed by atoms with van der Waals surface area (Å²) in [7, 11) is 1.84. The second kappa shape index (κ2) is 6.81. The number of rotatable bonds is 6. The van der Waals surface area contributed by atoms with E-state index in [2.05, 4.69) is 20.9 Å². The molecule has 106 valence electrons. The first-order valence-corrected chi connectivity index (χ1v) is 6.57. The molecular weight excluding hydrogens is 254 g/mol. The van der Waals surface area contributed by atoms with Gasteiger partial charge in [0.25, 0.3) is 0 Å². The molecule has 0 fully saturated rings. The molecule has 1 aromatic carbocycles. The first-order valence-electron chi connectivity index (χ1n) is 6.57. The Balaban J connectivity index is 1.88. The summed E-state index contributed by atoms with van der Waals surface area (Å²) >= 11 is 0. The molecule has 1 atom stereocenters. The van der Waals surface area contributed by atoms with E-state index < -0.39 is 0 Å². The van der Waals surface area contributed by atoms with Gasteiger partial charge in [-0.05, 0) is 19.5 Å². The molecule has 1 unspecified atom stereocenters. The van der Waals surface area contributed by atoms with E-state index in [1.165, 1.54) is 0 Å². The number of aromatic nitrogens is 3. The number of hydrogen-bond acceptors (Lipinski definition) is 4. The Labute approximate surface area is 118 Å². The Morgan fingerprint density at radius 3 is 2.80 bits per heavy atom. The van der Waals surface area contributed by atoms with E-state index in [0.29, 0.717) is 6.54 Å². The minimum Gasteiger partial charge on any atom is -0.348 e. The van der Waals surface area contributed by atoms with E-state index in [1.807, 2.05) is 44.3 Å². The van der Waals surface area contributed by atoms with Gasteiger partial charge in [-0.25, -0.2) is 4.68 Å². The maximum atomic E-state index is 11.9. The van der Waals surface area contributed by atoms with Crippen molar-refractivity contribution in [2.45, 2.75) is 26.1 Å².